The van der Waals surface area contributed by atoms with Crippen LogP contribution in [0.2, 0.25) is 0 Å². The molecule has 12 rings (SSSR count). The molecule has 70 heavy (non-hydrogen) atoms. The molecule has 0 saturated carbocycles. The fourth-order valence-electron chi connectivity index (χ4n) is 12.3. The molecule has 0 fully saturated rings. The summed E-state index contributed by atoms with van der Waals surface area (Å²) < 4.78 is 5.40. The quantitative estimate of drug-likeness (QED) is 0.150. The van der Waals surface area contributed by atoms with Crippen molar-refractivity contribution < 1.29 is 0 Å². The van der Waals surface area contributed by atoms with Crippen LogP contribution in [-0.4, -0.2) is 15.7 Å². The highest BCUT2D eigenvalue weighted by Crippen LogP contribution is 2.53. The number of aromatic nitrogens is 2. The van der Waals surface area contributed by atoms with Crippen molar-refractivity contribution in [2.24, 2.45) is 0 Å². The van der Waals surface area contributed by atoms with Crippen molar-refractivity contribution in [3.8, 4) is 5.69 Å². The molecular formula is C66H72BN3. The number of nitrogens with zero attached hydrogens (tertiary/aromatic N) is 3. The van der Waals surface area contributed by atoms with Crippen LogP contribution in [0.5, 0.6) is 0 Å². The summed E-state index contributed by atoms with van der Waals surface area (Å²) in [6.07, 6.45) is 0. The second kappa shape index (κ2) is 13.9. The molecule has 0 bridgehead atoms. The van der Waals surface area contributed by atoms with Gasteiger partial charge in [-0.1, -0.05) is 173 Å². The van der Waals surface area contributed by atoms with Crippen LogP contribution in [0, 0.1) is 0 Å². The molecular weight excluding hydrogens is 846 g/mol. The van der Waals surface area contributed by atoms with E-state index in [0.29, 0.717) is 0 Å². The molecule has 2 aliphatic heterocycles. The number of rotatable bonds is 1. The standard InChI is InChI=1S/C66H72BN3/c1-61(2,3)37-19-25-43(26-20-37)68-53-30-24-41(65(13,14)15)35-48(53)67-49-36-42(66(16,17)18)34-45-44-31-38(62(4,5)6)21-27-50(44)70(57(45)49)60-55-47-33-40(64(10,11)12)23-29-52(47)69-51-28-22-39(63(7,8)9)32-46(51)54(58(55)69)59(68)56(60)67/h19-36H,1-18H3. The molecule has 0 spiro atoms. The number of anilines is 3. The normalized spacial score (nSPS) is 14.7. The van der Waals surface area contributed by atoms with Crippen LogP contribution < -0.4 is 21.3 Å². The van der Waals surface area contributed by atoms with Crippen molar-refractivity contribution in [1.29, 1.82) is 0 Å². The van der Waals surface area contributed by atoms with Crippen molar-refractivity contribution in [1.82, 2.24) is 8.97 Å². The molecule has 3 nitrogen and oxygen atoms in total. The number of hydrogen-bond donors (Lipinski definition) is 0. The molecule has 0 unspecified atom stereocenters. The van der Waals surface area contributed by atoms with Crippen LogP contribution in [0.3, 0.4) is 0 Å². The summed E-state index contributed by atoms with van der Waals surface area (Å²) in [5.41, 5.74) is 23.8. The maximum absolute atomic E-state index is 2.75. The van der Waals surface area contributed by atoms with E-state index >= 15 is 0 Å². The second-order valence-corrected chi connectivity index (χ2v) is 27.6. The largest absolute Gasteiger partial charge is 0.311 e. The van der Waals surface area contributed by atoms with E-state index in [-0.39, 0.29) is 39.2 Å². The van der Waals surface area contributed by atoms with E-state index < -0.39 is 0 Å². The first-order valence-corrected chi connectivity index (χ1v) is 26.1. The van der Waals surface area contributed by atoms with E-state index in [0.717, 1.165) is 0 Å². The van der Waals surface area contributed by atoms with Gasteiger partial charge in [-0.05, 0) is 143 Å². The minimum Gasteiger partial charge on any atom is -0.311 e. The third kappa shape index (κ3) is 6.26. The Morgan fingerprint density at radius 1 is 0.343 bits per heavy atom. The summed E-state index contributed by atoms with van der Waals surface area (Å²) in [5, 5.41) is 8.05. The van der Waals surface area contributed by atoms with Gasteiger partial charge < -0.3 is 13.9 Å². The molecule has 7 aromatic carbocycles. The molecule has 2 aliphatic rings. The molecule has 0 radical (unpaired) electrons. The first-order valence-electron chi connectivity index (χ1n) is 26.1. The predicted molar refractivity (Wildman–Crippen MR) is 307 cm³/mol. The van der Waals surface area contributed by atoms with Crippen molar-refractivity contribution in [3.05, 3.63) is 143 Å². The molecule has 0 aliphatic carbocycles. The molecule has 3 aromatic heterocycles. The summed E-state index contributed by atoms with van der Waals surface area (Å²) in [4.78, 5) is 2.69. The van der Waals surface area contributed by atoms with Crippen LogP contribution in [0.1, 0.15) is 158 Å². The Kier molecular flexibility index (Phi) is 8.97. The smallest absolute Gasteiger partial charge is 0.252 e. The van der Waals surface area contributed by atoms with Gasteiger partial charge in [0, 0.05) is 49.2 Å². The zero-order chi connectivity index (χ0) is 49.9. The minimum absolute atomic E-state index is 0.00942. The Balaban J connectivity index is 1.40. The first-order chi connectivity index (χ1) is 32.5. The van der Waals surface area contributed by atoms with Gasteiger partial charge in [0.15, 0.2) is 0 Å². The van der Waals surface area contributed by atoms with Crippen LogP contribution in [0.4, 0.5) is 17.1 Å². The van der Waals surface area contributed by atoms with E-state index in [2.05, 4.69) is 248 Å². The summed E-state index contributed by atoms with van der Waals surface area (Å²) >= 11 is 0. The molecule has 4 heteroatoms. The van der Waals surface area contributed by atoms with Gasteiger partial charge in [0.1, 0.15) is 0 Å². The van der Waals surface area contributed by atoms with Crippen molar-refractivity contribution in [2.75, 3.05) is 4.90 Å². The molecule has 10 aromatic rings. The third-order valence-corrected chi connectivity index (χ3v) is 16.5. The van der Waals surface area contributed by atoms with Gasteiger partial charge in [0.25, 0.3) is 6.71 Å². The average Bonchev–Trinajstić information content (AvgIpc) is 3.90. The highest BCUT2D eigenvalue weighted by molar-refractivity contribution is 7.01. The Labute approximate surface area is 417 Å². The second-order valence-electron chi connectivity index (χ2n) is 27.6. The Hall–Kier alpha value is -6.00. The van der Waals surface area contributed by atoms with Crippen LogP contribution in [0.15, 0.2) is 109 Å². The average molecular weight is 918 g/mol. The topological polar surface area (TPSA) is 12.6 Å². The van der Waals surface area contributed by atoms with E-state index in [1.54, 1.807) is 0 Å². The van der Waals surface area contributed by atoms with Crippen molar-refractivity contribution in [2.45, 2.75) is 157 Å². The van der Waals surface area contributed by atoms with Gasteiger partial charge in [-0.3, -0.25) is 0 Å². The van der Waals surface area contributed by atoms with Gasteiger partial charge in [0.05, 0.1) is 33.4 Å². The number of hydrogen-bond acceptors (Lipinski definition) is 1. The lowest BCUT2D eigenvalue weighted by Gasteiger charge is -2.42. The van der Waals surface area contributed by atoms with Gasteiger partial charge >= 0.3 is 0 Å². The van der Waals surface area contributed by atoms with E-state index in [1.165, 1.54) is 132 Å². The van der Waals surface area contributed by atoms with Gasteiger partial charge in [0.2, 0.25) is 0 Å². The van der Waals surface area contributed by atoms with Crippen molar-refractivity contribution >= 4 is 100 Å². The lowest BCUT2D eigenvalue weighted by Crippen LogP contribution is -2.61. The Morgan fingerprint density at radius 2 is 0.757 bits per heavy atom. The molecule has 0 N–H and O–H groups in total. The van der Waals surface area contributed by atoms with Crippen molar-refractivity contribution in [3.63, 3.8) is 0 Å². The number of benzene rings is 7. The van der Waals surface area contributed by atoms with E-state index in [9.17, 15) is 0 Å². The van der Waals surface area contributed by atoms with E-state index in [4.69, 9.17) is 0 Å². The lowest BCUT2D eigenvalue weighted by atomic mass is 9.33. The molecule has 354 valence electrons. The lowest BCUT2D eigenvalue weighted by molar-refractivity contribution is 0.590. The van der Waals surface area contributed by atoms with Gasteiger partial charge in [-0.15, -0.1) is 0 Å². The van der Waals surface area contributed by atoms with Crippen LogP contribution >= 0.6 is 0 Å². The molecule has 0 atom stereocenters. The highest BCUT2D eigenvalue weighted by atomic mass is 15.2. The predicted octanol–water partition coefficient (Wildman–Crippen LogP) is 16.3. The minimum atomic E-state index is -0.0768. The maximum atomic E-state index is 2.75. The monoisotopic (exact) mass is 918 g/mol. The van der Waals surface area contributed by atoms with Crippen LogP contribution in [-0.2, 0) is 32.5 Å². The Bertz CT molecular complexity index is 3870. The molecule has 0 saturated heterocycles. The summed E-state index contributed by atoms with van der Waals surface area (Å²) in [6.45, 7) is 42.5. The fourth-order valence-corrected chi connectivity index (χ4v) is 12.3. The van der Waals surface area contributed by atoms with Gasteiger partial charge in [-0.2, -0.15) is 0 Å². The maximum Gasteiger partial charge on any atom is 0.252 e. The molecule has 5 heterocycles. The fraction of sp³-hybridized carbons (Fsp3) is 0.364. The number of fused-ring (bicyclic) bond motifs is 15. The summed E-state index contributed by atoms with van der Waals surface area (Å²) in [5.74, 6) is 0. The highest BCUT2D eigenvalue weighted by Gasteiger charge is 2.46. The first kappa shape index (κ1) is 45.2. The summed E-state index contributed by atoms with van der Waals surface area (Å²) in [6, 6.07) is 44.4. The summed E-state index contributed by atoms with van der Waals surface area (Å²) in [7, 11) is 0. The molecule has 0 amide bonds. The van der Waals surface area contributed by atoms with Crippen LogP contribution in [0.25, 0.3) is 65.6 Å². The SMILES string of the molecule is CC(C)(C)c1ccc(N2c3ccc(C(C)(C)C)cc3B3c4c2c2c5cc(C(C)(C)C)ccc5n5c6ccc(C(C)(C)C)cc6c(c4-n4c6ccc(C(C)(C)C)cc6c6cc(C(C)(C)C)cc3c64)c25)cc1. The van der Waals surface area contributed by atoms with Gasteiger partial charge in [-0.25, -0.2) is 0 Å². The third-order valence-electron chi connectivity index (χ3n) is 16.5. The Morgan fingerprint density at radius 3 is 1.27 bits per heavy atom. The zero-order valence-electron chi connectivity index (χ0n) is 45.3. The zero-order valence-corrected chi connectivity index (χ0v) is 45.3. The van der Waals surface area contributed by atoms with E-state index in [1.807, 2.05) is 0 Å².